The third-order valence-electron chi connectivity index (χ3n) is 4.69. The second-order valence-electron chi connectivity index (χ2n) is 6.50. The Bertz CT molecular complexity index is 997. The first-order chi connectivity index (χ1) is 13.6. The van der Waals surface area contributed by atoms with Gasteiger partial charge < -0.3 is 9.80 Å². The molecule has 1 N–H and O–H groups in total. The SMILES string of the molecule is O=C(c1cccc(Br)c1)N1CCN(C(=O)c2cc(-c3cccnc3)n[nH]2)CC1. The van der Waals surface area contributed by atoms with Crippen molar-refractivity contribution in [2.45, 2.75) is 0 Å². The number of carbonyl (C=O) groups excluding carboxylic acids is 2. The highest BCUT2D eigenvalue weighted by atomic mass is 79.9. The lowest BCUT2D eigenvalue weighted by Crippen LogP contribution is -2.50. The number of aromatic amines is 1. The molecule has 2 aromatic heterocycles. The second kappa shape index (κ2) is 7.93. The van der Waals surface area contributed by atoms with Crippen LogP contribution < -0.4 is 0 Å². The minimum atomic E-state index is -0.114. The summed E-state index contributed by atoms with van der Waals surface area (Å²) in [5.41, 5.74) is 2.61. The predicted octanol–water partition coefficient (Wildman–Crippen LogP) is 2.83. The van der Waals surface area contributed by atoms with Gasteiger partial charge in [0.25, 0.3) is 11.8 Å². The molecule has 1 saturated heterocycles. The van der Waals surface area contributed by atoms with Gasteiger partial charge in [0.1, 0.15) is 5.69 Å². The second-order valence-corrected chi connectivity index (χ2v) is 7.42. The van der Waals surface area contributed by atoms with E-state index in [4.69, 9.17) is 0 Å². The number of nitrogens with one attached hydrogen (secondary N) is 1. The zero-order chi connectivity index (χ0) is 19.5. The molecular weight excluding hydrogens is 422 g/mol. The van der Waals surface area contributed by atoms with E-state index in [1.165, 1.54) is 0 Å². The van der Waals surface area contributed by atoms with Crippen LogP contribution in [0.4, 0.5) is 0 Å². The average Bonchev–Trinajstić information content (AvgIpc) is 3.24. The molecule has 8 heteroatoms. The summed E-state index contributed by atoms with van der Waals surface area (Å²) in [4.78, 5) is 33.0. The number of aromatic nitrogens is 3. The number of hydrogen-bond acceptors (Lipinski definition) is 4. The Labute approximate surface area is 170 Å². The van der Waals surface area contributed by atoms with E-state index >= 15 is 0 Å². The minimum absolute atomic E-state index is 0.0196. The molecule has 0 spiro atoms. The third-order valence-corrected chi connectivity index (χ3v) is 5.18. The normalized spacial score (nSPS) is 14.2. The lowest BCUT2D eigenvalue weighted by atomic mass is 10.1. The third kappa shape index (κ3) is 3.82. The van der Waals surface area contributed by atoms with E-state index in [0.717, 1.165) is 10.0 Å². The van der Waals surface area contributed by atoms with Crippen molar-refractivity contribution in [3.8, 4) is 11.3 Å². The molecule has 1 aliphatic rings. The molecule has 28 heavy (non-hydrogen) atoms. The lowest BCUT2D eigenvalue weighted by Gasteiger charge is -2.34. The van der Waals surface area contributed by atoms with Gasteiger partial charge in [0.15, 0.2) is 0 Å². The molecule has 3 heterocycles. The van der Waals surface area contributed by atoms with E-state index < -0.39 is 0 Å². The Hall–Kier alpha value is -3.00. The van der Waals surface area contributed by atoms with Crippen molar-refractivity contribution in [1.29, 1.82) is 0 Å². The number of carbonyl (C=O) groups is 2. The molecule has 0 radical (unpaired) electrons. The van der Waals surface area contributed by atoms with Gasteiger partial charge in [0.2, 0.25) is 0 Å². The van der Waals surface area contributed by atoms with Gasteiger partial charge in [0.05, 0.1) is 5.69 Å². The van der Waals surface area contributed by atoms with Crippen LogP contribution in [-0.4, -0.2) is 63.0 Å². The fraction of sp³-hybridized carbons (Fsp3) is 0.200. The summed E-state index contributed by atoms with van der Waals surface area (Å²) in [5.74, 6) is -0.133. The maximum absolute atomic E-state index is 12.8. The number of nitrogens with zero attached hydrogens (tertiary/aromatic N) is 4. The summed E-state index contributed by atoms with van der Waals surface area (Å²) in [6, 6.07) is 12.8. The Kier molecular flexibility index (Phi) is 5.21. The van der Waals surface area contributed by atoms with Crippen LogP contribution in [-0.2, 0) is 0 Å². The minimum Gasteiger partial charge on any atom is -0.335 e. The monoisotopic (exact) mass is 439 g/mol. The van der Waals surface area contributed by atoms with Gasteiger partial charge in [-0.1, -0.05) is 22.0 Å². The quantitative estimate of drug-likeness (QED) is 0.679. The maximum Gasteiger partial charge on any atom is 0.272 e. The number of benzene rings is 1. The van der Waals surface area contributed by atoms with Crippen LogP contribution in [0.5, 0.6) is 0 Å². The highest BCUT2D eigenvalue weighted by Crippen LogP contribution is 2.18. The molecule has 0 atom stereocenters. The highest BCUT2D eigenvalue weighted by Gasteiger charge is 2.26. The molecule has 1 aromatic carbocycles. The fourth-order valence-corrected chi connectivity index (χ4v) is 3.58. The summed E-state index contributed by atoms with van der Waals surface area (Å²) >= 11 is 3.39. The first-order valence-electron chi connectivity index (χ1n) is 8.92. The molecule has 2 amide bonds. The molecule has 3 aromatic rings. The first-order valence-corrected chi connectivity index (χ1v) is 9.71. The first kappa shape index (κ1) is 18.4. The van der Waals surface area contributed by atoms with Gasteiger partial charge in [-0.3, -0.25) is 19.7 Å². The van der Waals surface area contributed by atoms with Crippen LogP contribution in [0, 0.1) is 0 Å². The summed E-state index contributed by atoms with van der Waals surface area (Å²) in [6.45, 7) is 1.97. The van der Waals surface area contributed by atoms with Crippen LogP contribution in [0.25, 0.3) is 11.3 Å². The number of amides is 2. The maximum atomic E-state index is 12.8. The van der Waals surface area contributed by atoms with Crippen LogP contribution in [0.3, 0.4) is 0 Å². The van der Waals surface area contributed by atoms with Gasteiger partial charge in [-0.15, -0.1) is 0 Å². The summed E-state index contributed by atoms with van der Waals surface area (Å²) in [7, 11) is 0. The number of halogens is 1. The van der Waals surface area contributed by atoms with Crippen molar-refractivity contribution >= 4 is 27.7 Å². The van der Waals surface area contributed by atoms with Crippen molar-refractivity contribution in [3.63, 3.8) is 0 Å². The molecule has 7 nitrogen and oxygen atoms in total. The van der Waals surface area contributed by atoms with E-state index in [9.17, 15) is 9.59 Å². The zero-order valence-corrected chi connectivity index (χ0v) is 16.6. The summed E-state index contributed by atoms with van der Waals surface area (Å²) in [5, 5.41) is 7.02. The van der Waals surface area contributed by atoms with Gasteiger partial charge >= 0.3 is 0 Å². The van der Waals surface area contributed by atoms with Crippen molar-refractivity contribution in [3.05, 3.63) is 70.6 Å². The van der Waals surface area contributed by atoms with E-state index in [1.54, 1.807) is 34.3 Å². The van der Waals surface area contributed by atoms with E-state index in [1.807, 2.05) is 30.3 Å². The van der Waals surface area contributed by atoms with E-state index in [0.29, 0.717) is 43.1 Å². The molecular formula is C20H18BrN5O2. The number of piperazine rings is 1. The molecule has 0 bridgehead atoms. The Morgan fingerprint density at radius 3 is 2.39 bits per heavy atom. The standard InChI is InChI=1S/C20H18BrN5O2/c21-16-5-1-3-14(11-16)19(27)25-7-9-26(10-8-25)20(28)18-12-17(23-24-18)15-4-2-6-22-13-15/h1-6,11-13H,7-10H2,(H,23,24). The van der Waals surface area contributed by atoms with Crippen molar-refractivity contribution in [2.75, 3.05) is 26.2 Å². The van der Waals surface area contributed by atoms with Gasteiger partial charge in [-0.2, -0.15) is 5.10 Å². The average molecular weight is 440 g/mol. The molecule has 0 unspecified atom stereocenters. The molecule has 142 valence electrons. The van der Waals surface area contributed by atoms with Gasteiger partial charge in [0, 0.05) is 54.2 Å². The van der Waals surface area contributed by atoms with Crippen LogP contribution >= 0.6 is 15.9 Å². The van der Waals surface area contributed by atoms with E-state index in [-0.39, 0.29) is 11.8 Å². The van der Waals surface area contributed by atoms with Crippen molar-refractivity contribution in [2.24, 2.45) is 0 Å². The lowest BCUT2D eigenvalue weighted by molar-refractivity contribution is 0.0532. The predicted molar refractivity (Wildman–Crippen MR) is 108 cm³/mol. The summed E-state index contributed by atoms with van der Waals surface area (Å²) in [6.07, 6.45) is 3.40. The molecule has 4 rings (SSSR count). The molecule has 1 fully saturated rings. The molecule has 0 saturated carbocycles. The number of rotatable bonds is 3. The van der Waals surface area contributed by atoms with Crippen LogP contribution in [0.15, 0.2) is 59.3 Å². The van der Waals surface area contributed by atoms with E-state index in [2.05, 4.69) is 31.1 Å². The number of pyridine rings is 1. The van der Waals surface area contributed by atoms with Crippen LogP contribution in [0.1, 0.15) is 20.8 Å². The smallest absolute Gasteiger partial charge is 0.272 e. The number of hydrogen-bond donors (Lipinski definition) is 1. The fourth-order valence-electron chi connectivity index (χ4n) is 3.18. The molecule has 0 aliphatic carbocycles. The van der Waals surface area contributed by atoms with Crippen LogP contribution in [0.2, 0.25) is 0 Å². The van der Waals surface area contributed by atoms with Crippen molar-refractivity contribution < 1.29 is 9.59 Å². The largest absolute Gasteiger partial charge is 0.335 e. The number of H-pyrrole nitrogens is 1. The Balaban J connectivity index is 1.39. The van der Waals surface area contributed by atoms with Gasteiger partial charge in [-0.25, -0.2) is 0 Å². The summed E-state index contributed by atoms with van der Waals surface area (Å²) < 4.78 is 0.871. The zero-order valence-electron chi connectivity index (χ0n) is 15.0. The Morgan fingerprint density at radius 1 is 0.964 bits per heavy atom. The van der Waals surface area contributed by atoms with Gasteiger partial charge in [-0.05, 0) is 36.4 Å². The molecule has 1 aliphatic heterocycles. The van der Waals surface area contributed by atoms with Crippen molar-refractivity contribution in [1.82, 2.24) is 25.0 Å². The topological polar surface area (TPSA) is 82.2 Å². The highest BCUT2D eigenvalue weighted by molar-refractivity contribution is 9.10. The Morgan fingerprint density at radius 2 is 1.71 bits per heavy atom.